The molecule has 2 rings (SSSR count). The Morgan fingerprint density at radius 2 is 2.16 bits per heavy atom. The highest BCUT2D eigenvalue weighted by Gasteiger charge is 2.15. The summed E-state index contributed by atoms with van der Waals surface area (Å²) in [5.41, 5.74) is 8.03. The van der Waals surface area contributed by atoms with Crippen molar-refractivity contribution in [3.8, 4) is 0 Å². The normalized spacial score (nSPS) is 12.1. The summed E-state index contributed by atoms with van der Waals surface area (Å²) in [6.45, 7) is 4.63. The second-order valence-electron chi connectivity index (χ2n) is 5.73. The molecule has 1 unspecified atom stereocenters. The Hall–Kier alpha value is -2.44. The number of benzene rings is 1. The molecule has 0 aliphatic heterocycles. The van der Waals surface area contributed by atoms with Crippen LogP contribution in [0.5, 0.6) is 0 Å². The molecule has 0 aliphatic carbocycles. The van der Waals surface area contributed by atoms with Crippen molar-refractivity contribution in [3.05, 3.63) is 70.4 Å². The number of hydrogen-bond donors (Lipinski definition) is 2. The number of amides is 1. The summed E-state index contributed by atoms with van der Waals surface area (Å²) in [7, 11) is 1.88. The standard InChI is InChI=1S/C19H24N4OS/c1-3-9-21-23(2)13-16-11-18(25-14-16)19(24)22-17(12-20)10-15-7-5-4-6-8-15/h3-9,11,14,17H,1,10,12-13,20H2,2H3,(H,22,24). The van der Waals surface area contributed by atoms with Gasteiger partial charge >= 0.3 is 0 Å². The molecular weight excluding hydrogens is 332 g/mol. The lowest BCUT2D eigenvalue weighted by molar-refractivity contribution is 0.0942. The van der Waals surface area contributed by atoms with Crippen LogP contribution in [0.1, 0.15) is 20.8 Å². The number of nitrogens with two attached hydrogens (primary N) is 1. The molecule has 0 aliphatic rings. The predicted octanol–water partition coefficient (Wildman–Crippen LogP) is 2.65. The number of nitrogens with one attached hydrogen (secondary N) is 1. The second-order valence-corrected chi connectivity index (χ2v) is 6.64. The molecule has 0 spiro atoms. The summed E-state index contributed by atoms with van der Waals surface area (Å²) in [5.74, 6) is -0.0834. The van der Waals surface area contributed by atoms with Crippen molar-refractivity contribution in [1.82, 2.24) is 10.3 Å². The van der Waals surface area contributed by atoms with Crippen molar-refractivity contribution >= 4 is 23.5 Å². The number of hydrazone groups is 1. The van der Waals surface area contributed by atoms with E-state index in [2.05, 4.69) is 17.0 Å². The van der Waals surface area contributed by atoms with Crippen LogP contribution in [0.25, 0.3) is 0 Å². The lowest BCUT2D eigenvalue weighted by Crippen LogP contribution is -2.41. The Morgan fingerprint density at radius 3 is 2.84 bits per heavy atom. The molecule has 0 saturated carbocycles. The highest BCUT2D eigenvalue weighted by molar-refractivity contribution is 7.12. The van der Waals surface area contributed by atoms with E-state index in [1.165, 1.54) is 11.3 Å². The highest BCUT2D eigenvalue weighted by atomic mass is 32.1. The molecule has 1 aromatic carbocycles. The number of rotatable bonds is 9. The first-order valence-electron chi connectivity index (χ1n) is 8.10. The average molecular weight is 356 g/mol. The van der Waals surface area contributed by atoms with Crippen molar-refractivity contribution in [3.63, 3.8) is 0 Å². The van der Waals surface area contributed by atoms with Gasteiger partial charge in [0.2, 0.25) is 0 Å². The fourth-order valence-electron chi connectivity index (χ4n) is 2.39. The predicted molar refractivity (Wildman–Crippen MR) is 105 cm³/mol. The molecule has 2 aromatic rings. The molecule has 1 atom stereocenters. The number of carbonyl (C=O) groups excluding carboxylic acids is 1. The third-order valence-electron chi connectivity index (χ3n) is 3.60. The minimum Gasteiger partial charge on any atom is -0.347 e. The number of hydrogen-bond acceptors (Lipinski definition) is 5. The maximum Gasteiger partial charge on any atom is 0.261 e. The van der Waals surface area contributed by atoms with Gasteiger partial charge in [0.1, 0.15) is 0 Å². The van der Waals surface area contributed by atoms with Crippen LogP contribution in [0.3, 0.4) is 0 Å². The van der Waals surface area contributed by atoms with Gasteiger partial charge in [0.05, 0.1) is 11.4 Å². The van der Waals surface area contributed by atoms with Crippen LogP contribution in [0.15, 0.2) is 59.5 Å². The zero-order valence-electron chi connectivity index (χ0n) is 14.4. The molecule has 0 bridgehead atoms. The lowest BCUT2D eigenvalue weighted by Gasteiger charge is -2.16. The zero-order valence-corrected chi connectivity index (χ0v) is 15.2. The highest BCUT2D eigenvalue weighted by Crippen LogP contribution is 2.16. The number of allylic oxidation sites excluding steroid dienone is 1. The van der Waals surface area contributed by atoms with E-state index in [-0.39, 0.29) is 11.9 Å². The molecule has 0 saturated heterocycles. The molecular formula is C19H24N4OS. The van der Waals surface area contributed by atoms with Crippen LogP contribution < -0.4 is 11.1 Å². The Labute approximate surface area is 152 Å². The van der Waals surface area contributed by atoms with Crippen LogP contribution in [0, 0.1) is 0 Å². The van der Waals surface area contributed by atoms with Crippen molar-refractivity contribution in [1.29, 1.82) is 0 Å². The van der Waals surface area contributed by atoms with Crippen molar-refractivity contribution in [2.75, 3.05) is 13.6 Å². The van der Waals surface area contributed by atoms with E-state index in [1.807, 2.05) is 48.8 Å². The van der Waals surface area contributed by atoms with E-state index in [0.29, 0.717) is 18.0 Å². The van der Waals surface area contributed by atoms with Crippen molar-refractivity contribution < 1.29 is 4.79 Å². The fraction of sp³-hybridized carbons (Fsp3) is 0.263. The summed E-state index contributed by atoms with van der Waals surface area (Å²) >= 11 is 1.43. The molecule has 6 heteroatoms. The first kappa shape index (κ1) is 18.9. The van der Waals surface area contributed by atoms with Gasteiger partial charge in [-0.1, -0.05) is 36.9 Å². The fourth-order valence-corrected chi connectivity index (χ4v) is 3.20. The third-order valence-corrected chi connectivity index (χ3v) is 4.58. The molecule has 25 heavy (non-hydrogen) atoms. The largest absolute Gasteiger partial charge is 0.347 e. The first-order valence-corrected chi connectivity index (χ1v) is 8.98. The van der Waals surface area contributed by atoms with E-state index in [0.717, 1.165) is 17.5 Å². The van der Waals surface area contributed by atoms with Crippen LogP contribution in [0.4, 0.5) is 0 Å². The van der Waals surface area contributed by atoms with Crippen LogP contribution in [-0.2, 0) is 13.0 Å². The van der Waals surface area contributed by atoms with Crippen LogP contribution in [0.2, 0.25) is 0 Å². The molecule has 3 N–H and O–H groups in total. The van der Waals surface area contributed by atoms with Gasteiger partial charge in [-0.3, -0.25) is 9.80 Å². The molecule has 0 fully saturated rings. The molecule has 1 amide bonds. The average Bonchev–Trinajstić information content (AvgIpc) is 3.08. The number of thiophene rings is 1. The maximum atomic E-state index is 12.5. The minimum atomic E-state index is -0.0834. The van der Waals surface area contributed by atoms with Gasteiger partial charge in [0, 0.05) is 25.8 Å². The smallest absolute Gasteiger partial charge is 0.261 e. The van der Waals surface area contributed by atoms with Gasteiger partial charge in [0.25, 0.3) is 5.91 Å². The van der Waals surface area contributed by atoms with Gasteiger partial charge < -0.3 is 11.1 Å². The summed E-state index contributed by atoms with van der Waals surface area (Å²) in [5, 5.41) is 11.0. The Bertz CT molecular complexity index is 711. The topological polar surface area (TPSA) is 70.7 Å². The number of nitrogens with zero attached hydrogens (tertiary/aromatic N) is 2. The van der Waals surface area contributed by atoms with Gasteiger partial charge in [0.15, 0.2) is 0 Å². The van der Waals surface area contributed by atoms with Gasteiger partial charge in [-0.2, -0.15) is 5.10 Å². The summed E-state index contributed by atoms with van der Waals surface area (Å²) < 4.78 is 0. The van der Waals surface area contributed by atoms with E-state index < -0.39 is 0 Å². The lowest BCUT2D eigenvalue weighted by atomic mass is 10.1. The first-order chi connectivity index (χ1) is 12.1. The van der Waals surface area contributed by atoms with E-state index >= 15 is 0 Å². The number of carbonyl (C=O) groups is 1. The Morgan fingerprint density at radius 1 is 1.40 bits per heavy atom. The van der Waals surface area contributed by atoms with Gasteiger partial charge in [-0.25, -0.2) is 0 Å². The Kier molecular flexibility index (Phi) is 7.37. The van der Waals surface area contributed by atoms with E-state index in [1.54, 1.807) is 17.3 Å². The Balaban J connectivity index is 1.93. The van der Waals surface area contributed by atoms with Crippen molar-refractivity contribution in [2.24, 2.45) is 10.8 Å². The van der Waals surface area contributed by atoms with Crippen LogP contribution in [-0.4, -0.2) is 36.8 Å². The third kappa shape index (κ3) is 6.17. The molecule has 0 radical (unpaired) electrons. The molecule has 1 heterocycles. The minimum absolute atomic E-state index is 0.0830. The molecule has 1 aromatic heterocycles. The van der Waals surface area contributed by atoms with E-state index in [9.17, 15) is 4.79 Å². The summed E-state index contributed by atoms with van der Waals surface area (Å²) in [6, 6.07) is 11.8. The van der Waals surface area contributed by atoms with E-state index in [4.69, 9.17) is 5.73 Å². The maximum absolute atomic E-state index is 12.5. The monoisotopic (exact) mass is 356 g/mol. The quantitative estimate of drug-likeness (QED) is 0.536. The SMILES string of the molecule is C=CC=NN(C)Cc1csc(C(=O)NC(CN)Cc2ccccc2)c1. The second kappa shape index (κ2) is 9.76. The summed E-state index contributed by atoms with van der Waals surface area (Å²) in [4.78, 5) is 13.1. The molecule has 5 nitrogen and oxygen atoms in total. The van der Waals surface area contributed by atoms with Crippen LogP contribution >= 0.6 is 11.3 Å². The molecule has 132 valence electrons. The van der Waals surface area contributed by atoms with Gasteiger partial charge in [-0.05, 0) is 35.1 Å². The summed E-state index contributed by atoms with van der Waals surface area (Å²) in [6.07, 6.45) is 3.98. The zero-order chi connectivity index (χ0) is 18.1. The van der Waals surface area contributed by atoms with Crippen molar-refractivity contribution in [2.45, 2.75) is 19.0 Å². The van der Waals surface area contributed by atoms with Gasteiger partial charge in [-0.15, -0.1) is 11.3 Å².